The van der Waals surface area contributed by atoms with Crippen molar-refractivity contribution in [3.63, 3.8) is 0 Å². The molecule has 1 amide bonds. The van der Waals surface area contributed by atoms with Gasteiger partial charge in [0.2, 0.25) is 5.91 Å². The maximum absolute atomic E-state index is 13.5. The Balaban J connectivity index is 2.01. The normalized spacial score (nSPS) is 30.9. The van der Waals surface area contributed by atoms with Crippen LogP contribution in [0.25, 0.3) is 0 Å². The highest BCUT2D eigenvalue weighted by molar-refractivity contribution is 5.84. The molecule has 2 atom stereocenters. The molecule has 0 bridgehead atoms. The van der Waals surface area contributed by atoms with Crippen molar-refractivity contribution in [2.45, 2.75) is 64.8 Å². The molecule has 2 fully saturated rings. The number of amides is 1. The molecule has 116 valence electrons. The third kappa shape index (κ3) is 2.69. The van der Waals surface area contributed by atoms with Crippen LogP contribution in [0.3, 0.4) is 0 Å². The lowest BCUT2D eigenvalue weighted by Crippen LogP contribution is -2.53. The molecule has 2 N–H and O–H groups in total. The zero-order valence-corrected chi connectivity index (χ0v) is 12.7. The van der Waals surface area contributed by atoms with Crippen molar-refractivity contribution in [2.75, 3.05) is 13.1 Å². The Bertz CT molecular complexity index is 379. The predicted molar refractivity (Wildman–Crippen MR) is 74.7 cm³/mol. The van der Waals surface area contributed by atoms with Crippen LogP contribution in [-0.2, 0) is 4.79 Å². The molecule has 1 saturated heterocycles. The highest BCUT2D eigenvalue weighted by atomic mass is 19.3. The molecule has 0 aromatic carbocycles. The lowest BCUT2D eigenvalue weighted by atomic mass is 9.70. The van der Waals surface area contributed by atoms with Gasteiger partial charge in [-0.25, -0.2) is 8.78 Å². The third-order valence-corrected chi connectivity index (χ3v) is 5.33. The van der Waals surface area contributed by atoms with Crippen molar-refractivity contribution >= 4 is 5.91 Å². The second-order valence-electron chi connectivity index (χ2n) is 7.11. The van der Waals surface area contributed by atoms with Gasteiger partial charge >= 0.3 is 0 Å². The molecule has 1 heterocycles. The monoisotopic (exact) mass is 288 g/mol. The first-order chi connectivity index (χ1) is 9.19. The molecule has 1 saturated carbocycles. The summed E-state index contributed by atoms with van der Waals surface area (Å²) in [6.45, 7) is 4.78. The average Bonchev–Trinajstić information content (AvgIpc) is 2.79. The number of rotatable bonds is 4. The molecule has 0 aromatic heterocycles. The molecule has 1 aliphatic carbocycles. The summed E-state index contributed by atoms with van der Waals surface area (Å²) in [5.74, 6) is -2.85. The van der Waals surface area contributed by atoms with Crippen molar-refractivity contribution in [2.24, 2.45) is 10.8 Å². The number of nitrogens with one attached hydrogen (secondary N) is 2. The number of halogens is 2. The first-order valence-electron chi connectivity index (χ1n) is 7.59. The lowest BCUT2D eigenvalue weighted by molar-refractivity contribution is -0.136. The smallest absolute Gasteiger partial charge is 0.252 e. The van der Waals surface area contributed by atoms with Crippen LogP contribution in [0.1, 0.15) is 52.9 Å². The van der Waals surface area contributed by atoms with E-state index in [4.69, 9.17) is 0 Å². The molecular formula is C15H26F2N2O. The van der Waals surface area contributed by atoms with E-state index >= 15 is 0 Å². The number of hydrogen-bond acceptors (Lipinski definition) is 2. The molecular weight excluding hydrogens is 262 g/mol. The summed E-state index contributed by atoms with van der Waals surface area (Å²) in [5, 5.41) is 6.20. The second kappa shape index (κ2) is 5.24. The fourth-order valence-corrected chi connectivity index (χ4v) is 3.32. The Labute approximate surface area is 119 Å². The minimum absolute atomic E-state index is 0.0177. The Kier molecular flexibility index (Phi) is 4.11. The first-order valence-corrected chi connectivity index (χ1v) is 7.59. The first kappa shape index (κ1) is 15.7. The molecule has 0 aromatic rings. The summed E-state index contributed by atoms with van der Waals surface area (Å²) in [7, 11) is 0. The molecule has 0 radical (unpaired) electrons. The van der Waals surface area contributed by atoms with Crippen molar-refractivity contribution in [3.8, 4) is 0 Å². The van der Waals surface area contributed by atoms with Crippen LogP contribution in [0.2, 0.25) is 0 Å². The molecule has 5 heteroatoms. The van der Waals surface area contributed by atoms with Crippen molar-refractivity contribution in [1.29, 1.82) is 0 Å². The van der Waals surface area contributed by atoms with Gasteiger partial charge in [0.25, 0.3) is 5.92 Å². The van der Waals surface area contributed by atoms with Crippen molar-refractivity contribution < 1.29 is 13.6 Å². The van der Waals surface area contributed by atoms with Crippen LogP contribution in [0.5, 0.6) is 0 Å². The predicted octanol–water partition coefficient (Wildman–Crippen LogP) is 2.71. The van der Waals surface area contributed by atoms with Gasteiger partial charge in [-0.2, -0.15) is 0 Å². The average molecular weight is 288 g/mol. The number of fused-ring (bicyclic) bond motifs is 1. The van der Waals surface area contributed by atoms with Gasteiger partial charge in [0, 0.05) is 18.0 Å². The summed E-state index contributed by atoms with van der Waals surface area (Å²) in [4.78, 5) is 12.6. The largest absolute Gasteiger partial charge is 0.355 e. The summed E-state index contributed by atoms with van der Waals surface area (Å²) >= 11 is 0. The Morgan fingerprint density at radius 3 is 2.65 bits per heavy atom. The van der Waals surface area contributed by atoms with Crippen LogP contribution in [0.15, 0.2) is 0 Å². The molecule has 2 rings (SSSR count). The van der Waals surface area contributed by atoms with E-state index in [0.29, 0.717) is 0 Å². The fraction of sp³-hybridized carbons (Fsp3) is 0.933. The summed E-state index contributed by atoms with van der Waals surface area (Å²) in [6, 6.07) is 0.224. The minimum Gasteiger partial charge on any atom is -0.355 e. The van der Waals surface area contributed by atoms with E-state index in [1.54, 1.807) is 0 Å². The SMILES string of the molecule is CC(F)(F)C(C)(C)CNC(=O)[C@@]12CCCC[C@@H]1NCC2. The second-order valence-corrected chi connectivity index (χ2v) is 7.11. The molecule has 2 aliphatic rings. The van der Waals surface area contributed by atoms with Gasteiger partial charge in [-0.3, -0.25) is 4.79 Å². The third-order valence-electron chi connectivity index (χ3n) is 5.33. The highest BCUT2D eigenvalue weighted by Crippen LogP contribution is 2.43. The number of hydrogen-bond donors (Lipinski definition) is 2. The van der Waals surface area contributed by atoms with E-state index in [9.17, 15) is 13.6 Å². The Hall–Kier alpha value is -0.710. The zero-order valence-electron chi connectivity index (χ0n) is 12.7. The van der Waals surface area contributed by atoms with Gasteiger partial charge in [-0.05, 0) is 32.7 Å². The number of carbonyl (C=O) groups is 1. The topological polar surface area (TPSA) is 41.1 Å². The molecule has 0 unspecified atom stereocenters. The maximum Gasteiger partial charge on any atom is 0.252 e. The van der Waals surface area contributed by atoms with E-state index in [2.05, 4.69) is 10.6 Å². The maximum atomic E-state index is 13.5. The molecule has 20 heavy (non-hydrogen) atoms. The van der Waals surface area contributed by atoms with E-state index in [-0.39, 0.29) is 23.9 Å². The van der Waals surface area contributed by atoms with Crippen LogP contribution in [-0.4, -0.2) is 31.0 Å². The van der Waals surface area contributed by atoms with Gasteiger partial charge in [0.05, 0.1) is 5.41 Å². The summed E-state index contributed by atoms with van der Waals surface area (Å²) in [6.07, 6.45) is 4.91. The molecule has 3 nitrogen and oxygen atoms in total. The molecule has 1 aliphatic heterocycles. The number of carbonyl (C=O) groups excluding carboxylic acids is 1. The summed E-state index contributed by atoms with van der Waals surface area (Å²) in [5.41, 5.74) is -1.59. The van der Waals surface area contributed by atoms with E-state index in [1.807, 2.05) is 0 Å². The van der Waals surface area contributed by atoms with Gasteiger partial charge in [-0.1, -0.05) is 26.7 Å². The summed E-state index contributed by atoms with van der Waals surface area (Å²) < 4.78 is 27.0. The van der Waals surface area contributed by atoms with E-state index < -0.39 is 11.3 Å². The van der Waals surface area contributed by atoms with Crippen molar-refractivity contribution in [1.82, 2.24) is 10.6 Å². The highest BCUT2D eigenvalue weighted by Gasteiger charge is 2.50. The van der Waals surface area contributed by atoms with Gasteiger partial charge < -0.3 is 10.6 Å². The number of alkyl halides is 2. The van der Waals surface area contributed by atoms with Gasteiger partial charge in [0.1, 0.15) is 0 Å². The van der Waals surface area contributed by atoms with Crippen LogP contribution >= 0.6 is 0 Å². The van der Waals surface area contributed by atoms with Gasteiger partial charge in [-0.15, -0.1) is 0 Å². The standard InChI is InChI=1S/C15H26F2N2O/c1-13(2,14(3,16)17)10-19-12(20)15-7-5-4-6-11(15)18-9-8-15/h11,18H,4-10H2,1-3H3,(H,19,20)/t11-,15+/m0/s1. The van der Waals surface area contributed by atoms with Crippen molar-refractivity contribution in [3.05, 3.63) is 0 Å². The van der Waals surface area contributed by atoms with Gasteiger partial charge in [0.15, 0.2) is 0 Å². The lowest BCUT2D eigenvalue weighted by Gasteiger charge is -2.39. The Morgan fingerprint density at radius 2 is 2.00 bits per heavy atom. The minimum atomic E-state index is -2.81. The van der Waals surface area contributed by atoms with Crippen LogP contribution < -0.4 is 10.6 Å². The zero-order chi connectivity index (χ0) is 15.0. The van der Waals surface area contributed by atoms with E-state index in [0.717, 1.165) is 45.6 Å². The van der Waals surface area contributed by atoms with Crippen LogP contribution in [0.4, 0.5) is 8.78 Å². The van der Waals surface area contributed by atoms with E-state index in [1.165, 1.54) is 13.8 Å². The van der Waals surface area contributed by atoms with Crippen LogP contribution in [0, 0.1) is 10.8 Å². The molecule has 0 spiro atoms. The fourth-order valence-electron chi connectivity index (χ4n) is 3.32. The quantitative estimate of drug-likeness (QED) is 0.835. The Morgan fingerprint density at radius 1 is 1.30 bits per heavy atom.